The Kier molecular flexibility index (Phi) is 2.35. The van der Waals surface area contributed by atoms with E-state index in [4.69, 9.17) is 5.11 Å². The van der Waals surface area contributed by atoms with E-state index in [1.807, 2.05) is 0 Å². The standard InChI is InChI=1S/C8H12F2O2/c1-5(7(11)12)6-3-2-4-8(6,9)10/h5-6H,2-4H2,1H3,(H,11,12). The molecule has 12 heavy (non-hydrogen) atoms. The van der Waals surface area contributed by atoms with E-state index in [9.17, 15) is 13.6 Å². The predicted molar refractivity (Wildman–Crippen MR) is 39.1 cm³/mol. The topological polar surface area (TPSA) is 37.3 Å². The largest absolute Gasteiger partial charge is 0.481 e. The molecule has 1 saturated carbocycles. The third kappa shape index (κ3) is 1.57. The van der Waals surface area contributed by atoms with Crippen molar-refractivity contribution in [1.82, 2.24) is 0 Å². The van der Waals surface area contributed by atoms with E-state index >= 15 is 0 Å². The smallest absolute Gasteiger partial charge is 0.306 e. The Morgan fingerprint density at radius 1 is 1.67 bits per heavy atom. The van der Waals surface area contributed by atoms with Gasteiger partial charge < -0.3 is 5.11 Å². The fraction of sp³-hybridized carbons (Fsp3) is 0.875. The zero-order chi connectivity index (χ0) is 9.35. The summed E-state index contributed by atoms with van der Waals surface area (Å²) in [6, 6.07) is 0. The van der Waals surface area contributed by atoms with Gasteiger partial charge in [-0.2, -0.15) is 0 Å². The quantitative estimate of drug-likeness (QED) is 0.703. The van der Waals surface area contributed by atoms with Gasteiger partial charge in [0.2, 0.25) is 0 Å². The normalized spacial score (nSPS) is 30.1. The van der Waals surface area contributed by atoms with Gasteiger partial charge in [-0.1, -0.05) is 6.92 Å². The van der Waals surface area contributed by atoms with E-state index in [0.717, 1.165) is 0 Å². The number of carboxylic acid groups (broad SMARTS) is 1. The Bertz CT molecular complexity index is 191. The van der Waals surface area contributed by atoms with Crippen molar-refractivity contribution in [2.24, 2.45) is 11.8 Å². The molecule has 1 aliphatic rings. The molecule has 1 rings (SSSR count). The van der Waals surface area contributed by atoms with Gasteiger partial charge in [-0.25, -0.2) is 8.78 Å². The second-order valence-electron chi connectivity index (χ2n) is 3.39. The fourth-order valence-corrected chi connectivity index (χ4v) is 1.74. The van der Waals surface area contributed by atoms with Crippen LogP contribution >= 0.6 is 0 Å². The molecule has 2 unspecified atom stereocenters. The molecular formula is C8H12F2O2. The first-order chi connectivity index (χ1) is 5.45. The maximum absolute atomic E-state index is 13.0. The molecule has 0 bridgehead atoms. The highest BCUT2D eigenvalue weighted by atomic mass is 19.3. The second kappa shape index (κ2) is 2.99. The van der Waals surface area contributed by atoms with Gasteiger partial charge in [-0.3, -0.25) is 4.79 Å². The first-order valence-corrected chi connectivity index (χ1v) is 4.06. The summed E-state index contributed by atoms with van der Waals surface area (Å²) in [5, 5.41) is 8.54. The minimum Gasteiger partial charge on any atom is -0.481 e. The van der Waals surface area contributed by atoms with Crippen LogP contribution in [0, 0.1) is 11.8 Å². The van der Waals surface area contributed by atoms with Crippen LogP contribution in [0.5, 0.6) is 0 Å². The Morgan fingerprint density at radius 3 is 2.58 bits per heavy atom. The third-order valence-electron chi connectivity index (χ3n) is 2.56. The van der Waals surface area contributed by atoms with Crippen molar-refractivity contribution in [1.29, 1.82) is 0 Å². The zero-order valence-corrected chi connectivity index (χ0v) is 6.89. The number of aliphatic carboxylic acids is 1. The van der Waals surface area contributed by atoms with Crippen LogP contribution < -0.4 is 0 Å². The van der Waals surface area contributed by atoms with Gasteiger partial charge in [0.25, 0.3) is 5.92 Å². The van der Waals surface area contributed by atoms with E-state index in [1.54, 1.807) is 0 Å². The van der Waals surface area contributed by atoms with Gasteiger partial charge in [0.1, 0.15) is 0 Å². The van der Waals surface area contributed by atoms with Crippen LogP contribution in [0.3, 0.4) is 0 Å². The van der Waals surface area contributed by atoms with Gasteiger partial charge in [-0.15, -0.1) is 0 Å². The Morgan fingerprint density at radius 2 is 2.25 bits per heavy atom. The first-order valence-electron chi connectivity index (χ1n) is 4.06. The van der Waals surface area contributed by atoms with Crippen LogP contribution in [0.4, 0.5) is 8.78 Å². The monoisotopic (exact) mass is 178 g/mol. The molecule has 70 valence electrons. The van der Waals surface area contributed by atoms with Gasteiger partial charge in [-0.05, 0) is 12.8 Å². The van der Waals surface area contributed by atoms with Crippen LogP contribution in [-0.4, -0.2) is 17.0 Å². The molecule has 1 N–H and O–H groups in total. The summed E-state index contributed by atoms with van der Waals surface area (Å²) in [5.74, 6) is -5.78. The average Bonchev–Trinajstić information content (AvgIpc) is 2.27. The molecule has 0 aromatic heterocycles. The van der Waals surface area contributed by atoms with Crippen molar-refractivity contribution in [3.63, 3.8) is 0 Å². The summed E-state index contributed by atoms with van der Waals surface area (Å²) in [5.41, 5.74) is 0. The highest BCUT2D eigenvalue weighted by Crippen LogP contribution is 2.44. The molecule has 0 aliphatic heterocycles. The molecule has 0 amide bonds. The molecule has 1 aliphatic carbocycles. The molecule has 0 saturated heterocycles. The van der Waals surface area contributed by atoms with Crippen LogP contribution in [0.2, 0.25) is 0 Å². The first kappa shape index (κ1) is 9.42. The minimum atomic E-state index is -2.77. The predicted octanol–water partition coefficient (Wildman–Crippen LogP) is 2.14. The molecule has 0 spiro atoms. The van der Waals surface area contributed by atoms with E-state index < -0.39 is 23.7 Å². The van der Waals surface area contributed by atoms with E-state index in [1.165, 1.54) is 6.92 Å². The lowest BCUT2D eigenvalue weighted by atomic mass is 9.90. The Balaban J connectivity index is 2.68. The summed E-state index contributed by atoms with van der Waals surface area (Å²) in [4.78, 5) is 10.4. The lowest BCUT2D eigenvalue weighted by molar-refractivity contribution is -0.149. The van der Waals surface area contributed by atoms with Crippen molar-refractivity contribution in [3.05, 3.63) is 0 Å². The van der Waals surface area contributed by atoms with Crippen LogP contribution in [-0.2, 0) is 4.79 Å². The highest BCUT2D eigenvalue weighted by molar-refractivity contribution is 5.70. The zero-order valence-electron chi connectivity index (χ0n) is 6.89. The van der Waals surface area contributed by atoms with E-state index in [2.05, 4.69) is 0 Å². The van der Waals surface area contributed by atoms with Crippen molar-refractivity contribution in [2.75, 3.05) is 0 Å². The summed E-state index contributed by atoms with van der Waals surface area (Å²) in [6.45, 7) is 1.35. The molecule has 1 fully saturated rings. The molecule has 4 heteroatoms. The molecule has 0 aromatic rings. The van der Waals surface area contributed by atoms with Gasteiger partial charge in [0, 0.05) is 12.3 Å². The van der Waals surface area contributed by atoms with Gasteiger partial charge >= 0.3 is 5.97 Å². The lowest BCUT2D eigenvalue weighted by Crippen LogP contribution is -2.31. The maximum atomic E-state index is 13.0. The number of hydrogen-bond donors (Lipinski definition) is 1. The minimum absolute atomic E-state index is 0.157. The number of carbonyl (C=O) groups is 1. The number of alkyl halides is 2. The van der Waals surface area contributed by atoms with Crippen molar-refractivity contribution < 1.29 is 18.7 Å². The summed E-state index contributed by atoms with van der Waals surface area (Å²) < 4.78 is 25.9. The summed E-state index contributed by atoms with van der Waals surface area (Å²) in [7, 11) is 0. The second-order valence-corrected chi connectivity index (χ2v) is 3.39. The van der Waals surface area contributed by atoms with Crippen LogP contribution in [0.25, 0.3) is 0 Å². The van der Waals surface area contributed by atoms with Crippen molar-refractivity contribution >= 4 is 5.97 Å². The molecule has 0 heterocycles. The van der Waals surface area contributed by atoms with Crippen LogP contribution in [0.1, 0.15) is 26.2 Å². The molecule has 0 aromatic carbocycles. The summed E-state index contributed by atoms with van der Waals surface area (Å²) >= 11 is 0. The number of rotatable bonds is 2. The lowest BCUT2D eigenvalue weighted by Gasteiger charge is -2.22. The number of hydrogen-bond acceptors (Lipinski definition) is 1. The molecule has 2 atom stereocenters. The number of halogens is 2. The third-order valence-corrected chi connectivity index (χ3v) is 2.56. The highest BCUT2D eigenvalue weighted by Gasteiger charge is 2.48. The number of carboxylic acids is 1. The summed E-state index contributed by atoms with van der Waals surface area (Å²) in [6.07, 6.45) is 0.616. The average molecular weight is 178 g/mol. The van der Waals surface area contributed by atoms with E-state index in [-0.39, 0.29) is 6.42 Å². The Labute approximate surface area is 69.6 Å². The SMILES string of the molecule is CC(C(=O)O)C1CCCC1(F)F. The fourth-order valence-electron chi connectivity index (χ4n) is 1.74. The van der Waals surface area contributed by atoms with Crippen LogP contribution in [0.15, 0.2) is 0 Å². The molecule has 0 radical (unpaired) electrons. The van der Waals surface area contributed by atoms with Crippen molar-refractivity contribution in [2.45, 2.75) is 32.1 Å². The van der Waals surface area contributed by atoms with Gasteiger partial charge in [0.05, 0.1) is 5.92 Å². The van der Waals surface area contributed by atoms with Gasteiger partial charge in [0.15, 0.2) is 0 Å². The maximum Gasteiger partial charge on any atom is 0.306 e. The van der Waals surface area contributed by atoms with E-state index in [0.29, 0.717) is 12.8 Å². The molecular weight excluding hydrogens is 166 g/mol. The van der Waals surface area contributed by atoms with Crippen molar-refractivity contribution in [3.8, 4) is 0 Å². The molecule has 2 nitrogen and oxygen atoms in total. The Hall–Kier alpha value is -0.670.